The van der Waals surface area contributed by atoms with Crippen molar-refractivity contribution < 1.29 is 13.6 Å². The molecular weight excluding hydrogens is 406 g/mol. The second-order valence-corrected chi connectivity index (χ2v) is 8.90. The molecule has 2 fully saturated rings. The van der Waals surface area contributed by atoms with Gasteiger partial charge in [-0.15, -0.1) is 0 Å². The van der Waals surface area contributed by atoms with Gasteiger partial charge in [-0.1, -0.05) is 11.6 Å². The van der Waals surface area contributed by atoms with Crippen LogP contribution in [0.5, 0.6) is 0 Å². The van der Waals surface area contributed by atoms with Crippen LogP contribution in [0.25, 0.3) is 5.69 Å². The van der Waals surface area contributed by atoms with Crippen LogP contribution in [0.3, 0.4) is 0 Å². The van der Waals surface area contributed by atoms with Crippen molar-refractivity contribution in [3.63, 3.8) is 0 Å². The Hall–Kier alpha value is -1.67. The summed E-state index contributed by atoms with van der Waals surface area (Å²) in [6.07, 6.45) is 7.57. The molecule has 2 aliphatic carbocycles. The van der Waals surface area contributed by atoms with Crippen LogP contribution in [0.15, 0.2) is 30.7 Å². The average Bonchev–Trinajstić information content (AvgIpc) is 3.57. The van der Waals surface area contributed by atoms with E-state index in [1.165, 1.54) is 11.8 Å². The summed E-state index contributed by atoms with van der Waals surface area (Å²) in [6.45, 7) is 0.614. The van der Waals surface area contributed by atoms with E-state index in [4.69, 9.17) is 11.6 Å². The standard InChI is InChI=1S/C19H21ClF2N4OS/c20-18-16(11-26(24-18)15-2-1-6-23-9-15)25(10-13-3-4-13)17(27)5-7-28-12-14-8-19(14,21)22/h1-2,6,9,11,13-14H,3-5,7-8,10,12H2. The van der Waals surface area contributed by atoms with Gasteiger partial charge in [0, 0.05) is 43.0 Å². The molecule has 2 aromatic rings. The molecule has 2 aromatic heterocycles. The molecule has 2 aliphatic rings. The predicted molar refractivity (Wildman–Crippen MR) is 106 cm³/mol. The Morgan fingerprint density at radius 2 is 2.21 bits per heavy atom. The van der Waals surface area contributed by atoms with Gasteiger partial charge in [0.2, 0.25) is 5.91 Å². The summed E-state index contributed by atoms with van der Waals surface area (Å²) in [5.74, 6) is -1.65. The molecule has 4 rings (SSSR count). The molecule has 0 aromatic carbocycles. The molecule has 0 spiro atoms. The quantitative estimate of drug-likeness (QED) is 0.556. The summed E-state index contributed by atoms with van der Waals surface area (Å²) in [5.41, 5.74) is 1.34. The van der Waals surface area contributed by atoms with Crippen molar-refractivity contribution in [1.82, 2.24) is 14.8 Å². The van der Waals surface area contributed by atoms with Crippen LogP contribution in [0.2, 0.25) is 5.15 Å². The zero-order chi connectivity index (χ0) is 19.7. The smallest absolute Gasteiger partial charge is 0.252 e. The van der Waals surface area contributed by atoms with E-state index in [0.29, 0.717) is 36.1 Å². The first-order chi connectivity index (χ1) is 13.4. The lowest BCUT2D eigenvalue weighted by Gasteiger charge is -2.21. The van der Waals surface area contributed by atoms with E-state index in [0.717, 1.165) is 18.5 Å². The van der Waals surface area contributed by atoms with Crippen LogP contribution in [0.1, 0.15) is 25.7 Å². The van der Waals surface area contributed by atoms with Crippen LogP contribution in [-0.2, 0) is 4.79 Å². The third kappa shape index (κ3) is 4.66. The molecule has 0 bridgehead atoms. The van der Waals surface area contributed by atoms with Crippen molar-refractivity contribution in [2.45, 2.75) is 31.6 Å². The fourth-order valence-corrected chi connectivity index (χ4v) is 4.37. The van der Waals surface area contributed by atoms with Crippen molar-refractivity contribution in [3.8, 4) is 5.69 Å². The highest BCUT2D eigenvalue weighted by Crippen LogP contribution is 2.50. The van der Waals surface area contributed by atoms with Crippen LogP contribution >= 0.6 is 23.4 Å². The van der Waals surface area contributed by atoms with E-state index in [2.05, 4.69) is 10.1 Å². The van der Waals surface area contributed by atoms with Crippen LogP contribution in [0, 0.1) is 11.8 Å². The number of alkyl halides is 2. The summed E-state index contributed by atoms with van der Waals surface area (Å²) in [5, 5.41) is 4.58. The lowest BCUT2D eigenvalue weighted by Crippen LogP contribution is -2.33. The van der Waals surface area contributed by atoms with Crippen LogP contribution in [0.4, 0.5) is 14.5 Å². The van der Waals surface area contributed by atoms with Gasteiger partial charge in [-0.2, -0.15) is 16.9 Å². The molecule has 28 heavy (non-hydrogen) atoms. The highest BCUT2D eigenvalue weighted by atomic mass is 35.5. The van der Waals surface area contributed by atoms with Gasteiger partial charge in [-0.25, -0.2) is 13.5 Å². The monoisotopic (exact) mass is 426 g/mol. The lowest BCUT2D eigenvalue weighted by atomic mass is 10.3. The number of amides is 1. The van der Waals surface area contributed by atoms with E-state index in [-0.39, 0.29) is 17.5 Å². The van der Waals surface area contributed by atoms with Crippen molar-refractivity contribution in [2.24, 2.45) is 11.8 Å². The summed E-state index contributed by atoms with van der Waals surface area (Å²) in [7, 11) is 0. The number of thioether (sulfide) groups is 1. The Balaban J connectivity index is 1.41. The van der Waals surface area contributed by atoms with Crippen molar-refractivity contribution in [1.29, 1.82) is 0 Å². The van der Waals surface area contributed by atoms with E-state index in [1.807, 2.05) is 6.07 Å². The van der Waals surface area contributed by atoms with Gasteiger partial charge in [0.1, 0.15) is 5.69 Å². The molecule has 1 unspecified atom stereocenters. The minimum Gasteiger partial charge on any atom is -0.308 e. The van der Waals surface area contributed by atoms with Crippen molar-refractivity contribution in [3.05, 3.63) is 35.9 Å². The number of carbonyl (C=O) groups excluding carboxylic acids is 1. The number of carbonyl (C=O) groups is 1. The Kier molecular flexibility index (Phi) is 5.60. The normalized spacial score (nSPS) is 20.2. The molecule has 0 N–H and O–H groups in total. The summed E-state index contributed by atoms with van der Waals surface area (Å²) in [6, 6.07) is 3.66. The Morgan fingerprint density at radius 3 is 2.86 bits per heavy atom. The number of hydrogen-bond donors (Lipinski definition) is 0. The summed E-state index contributed by atoms with van der Waals surface area (Å²) in [4.78, 5) is 18.6. The third-order valence-electron chi connectivity index (χ3n) is 5.03. The first kappa shape index (κ1) is 19.6. The number of halogens is 3. The first-order valence-corrected chi connectivity index (χ1v) is 10.9. The molecule has 0 aliphatic heterocycles. The predicted octanol–water partition coefficient (Wildman–Crippen LogP) is 4.44. The molecule has 150 valence electrons. The Bertz CT molecular complexity index is 844. The fraction of sp³-hybridized carbons (Fsp3) is 0.526. The number of nitrogens with zero attached hydrogens (tertiary/aromatic N) is 4. The van der Waals surface area contributed by atoms with E-state index >= 15 is 0 Å². The largest absolute Gasteiger partial charge is 0.308 e. The maximum Gasteiger partial charge on any atom is 0.252 e. The SMILES string of the molecule is O=C(CCSCC1CC1(F)F)N(CC1CC1)c1cn(-c2cccnc2)nc1Cl. The maximum atomic E-state index is 13.0. The topological polar surface area (TPSA) is 51.0 Å². The first-order valence-electron chi connectivity index (χ1n) is 9.35. The highest BCUT2D eigenvalue weighted by Gasteiger charge is 2.56. The summed E-state index contributed by atoms with van der Waals surface area (Å²) < 4.78 is 27.5. The Morgan fingerprint density at radius 1 is 1.43 bits per heavy atom. The van der Waals surface area contributed by atoms with Gasteiger partial charge in [-0.3, -0.25) is 9.78 Å². The lowest BCUT2D eigenvalue weighted by molar-refractivity contribution is -0.118. The zero-order valence-electron chi connectivity index (χ0n) is 15.2. The van der Waals surface area contributed by atoms with Gasteiger partial charge in [0.25, 0.3) is 5.92 Å². The molecular formula is C19H21ClF2N4OS. The zero-order valence-corrected chi connectivity index (χ0v) is 16.8. The maximum absolute atomic E-state index is 13.0. The summed E-state index contributed by atoms with van der Waals surface area (Å²) >= 11 is 7.76. The minimum absolute atomic E-state index is 0.0229. The van der Waals surface area contributed by atoms with Gasteiger partial charge in [0.15, 0.2) is 5.15 Å². The van der Waals surface area contributed by atoms with Gasteiger partial charge >= 0.3 is 0 Å². The Labute approximate surface area is 171 Å². The molecule has 2 saturated carbocycles. The number of aromatic nitrogens is 3. The molecule has 5 nitrogen and oxygen atoms in total. The van der Waals surface area contributed by atoms with E-state index in [9.17, 15) is 13.6 Å². The molecule has 0 radical (unpaired) electrons. The van der Waals surface area contributed by atoms with E-state index < -0.39 is 11.8 Å². The molecule has 2 heterocycles. The van der Waals surface area contributed by atoms with Crippen molar-refractivity contribution >= 4 is 35.0 Å². The minimum atomic E-state index is -2.50. The van der Waals surface area contributed by atoms with Gasteiger partial charge < -0.3 is 4.90 Å². The molecule has 1 amide bonds. The molecule has 1 atom stereocenters. The second-order valence-electron chi connectivity index (χ2n) is 7.40. The fourth-order valence-electron chi connectivity index (χ4n) is 3.01. The number of rotatable bonds is 9. The third-order valence-corrected chi connectivity index (χ3v) is 6.43. The number of pyridine rings is 1. The molecule has 9 heteroatoms. The van der Waals surface area contributed by atoms with Gasteiger partial charge in [-0.05, 0) is 30.9 Å². The second kappa shape index (κ2) is 7.99. The van der Waals surface area contributed by atoms with Gasteiger partial charge in [0.05, 0.1) is 18.1 Å². The molecule has 0 saturated heterocycles. The van der Waals surface area contributed by atoms with Crippen molar-refractivity contribution in [2.75, 3.05) is 23.0 Å². The number of hydrogen-bond acceptors (Lipinski definition) is 4. The van der Waals surface area contributed by atoms with E-state index in [1.54, 1.807) is 34.2 Å². The average molecular weight is 427 g/mol. The highest BCUT2D eigenvalue weighted by molar-refractivity contribution is 7.99. The van der Waals surface area contributed by atoms with Crippen LogP contribution < -0.4 is 4.90 Å². The van der Waals surface area contributed by atoms with Crippen LogP contribution in [-0.4, -0.2) is 44.6 Å². The number of anilines is 1.